The number of hydrogen-bond acceptors (Lipinski definition) is 4. The summed E-state index contributed by atoms with van der Waals surface area (Å²) < 4.78 is 0. The van der Waals surface area contributed by atoms with Crippen LogP contribution in [0.4, 0.5) is 0 Å². The van der Waals surface area contributed by atoms with Crippen LogP contribution in [-0.4, -0.2) is 16.9 Å². The molecule has 1 aromatic rings. The number of primary amides is 1. The molecule has 1 unspecified atom stereocenters. The molecule has 5 heteroatoms. The second-order valence-electron chi connectivity index (χ2n) is 2.48. The first-order valence-corrected chi connectivity index (χ1v) is 4.54. The number of rotatable bonds is 4. The zero-order valence-electron chi connectivity index (χ0n) is 6.78. The van der Waals surface area contributed by atoms with Crippen molar-refractivity contribution in [3.63, 3.8) is 0 Å². The van der Waals surface area contributed by atoms with Crippen LogP contribution in [0.5, 0.6) is 0 Å². The molecule has 1 rings (SSSR count). The van der Waals surface area contributed by atoms with E-state index in [1.54, 1.807) is 12.4 Å². The topological polar surface area (TPSA) is 68.0 Å². The molecule has 12 heavy (non-hydrogen) atoms. The molecule has 4 nitrogen and oxygen atoms in total. The molecule has 0 aliphatic rings. The van der Waals surface area contributed by atoms with E-state index >= 15 is 0 Å². The van der Waals surface area contributed by atoms with Gasteiger partial charge in [-0.3, -0.25) is 4.79 Å². The first-order valence-electron chi connectivity index (χ1n) is 3.60. The minimum atomic E-state index is -0.342. The average Bonchev–Trinajstić information content (AvgIpc) is 2.51. The van der Waals surface area contributed by atoms with Crippen LogP contribution in [0.25, 0.3) is 0 Å². The fourth-order valence-electron chi connectivity index (χ4n) is 0.683. The molecule has 1 aromatic heterocycles. The lowest BCUT2D eigenvalue weighted by molar-refractivity contribution is -0.119. The minimum Gasteiger partial charge on any atom is -0.368 e. The fraction of sp³-hybridized carbons (Fsp3) is 0.429. The largest absolute Gasteiger partial charge is 0.368 e. The van der Waals surface area contributed by atoms with Crippen molar-refractivity contribution in [2.24, 2.45) is 5.73 Å². The summed E-state index contributed by atoms with van der Waals surface area (Å²) in [7, 11) is 0. The van der Waals surface area contributed by atoms with Gasteiger partial charge >= 0.3 is 0 Å². The molecule has 0 aromatic carbocycles. The standard InChI is InChI=1S/C7H11N3OS/c1-5(7(8)11)9-2-6-3-12-4-10-6/h3-5,9H,2H2,1H3,(H2,8,11). The zero-order chi connectivity index (χ0) is 8.97. The molecule has 0 radical (unpaired) electrons. The summed E-state index contributed by atoms with van der Waals surface area (Å²) in [6.45, 7) is 2.32. The Balaban J connectivity index is 2.31. The Morgan fingerprint density at radius 1 is 1.92 bits per heavy atom. The summed E-state index contributed by atoms with van der Waals surface area (Å²) in [5.74, 6) is -0.342. The molecule has 1 amide bonds. The first-order chi connectivity index (χ1) is 5.70. The number of carbonyl (C=O) groups excluding carboxylic acids is 1. The van der Waals surface area contributed by atoms with Crippen molar-refractivity contribution < 1.29 is 4.79 Å². The van der Waals surface area contributed by atoms with Gasteiger partial charge in [0.2, 0.25) is 5.91 Å². The van der Waals surface area contributed by atoms with Crippen LogP contribution in [0.15, 0.2) is 10.9 Å². The van der Waals surface area contributed by atoms with Gasteiger partial charge in [-0.15, -0.1) is 11.3 Å². The summed E-state index contributed by atoms with van der Waals surface area (Å²) >= 11 is 1.53. The highest BCUT2D eigenvalue weighted by molar-refractivity contribution is 7.07. The van der Waals surface area contributed by atoms with E-state index in [9.17, 15) is 4.79 Å². The van der Waals surface area contributed by atoms with Crippen molar-refractivity contribution in [3.8, 4) is 0 Å². The maximum absolute atomic E-state index is 10.6. The van der Waals surface area contributed by atoms with Gasteiger partial charge in [0.15, 0.2) is 0 Å². The van der Waals surface area contributed by atoms with Crippen LogP contribution < -0.4 is 11.1 Å². The van der Waals surface area contributed by atoms with E-state index in [1.807, 2.05) is 5.38 Å². The Labute approximate surface area is 74.8 Å². The van der Waals surface area contributed by atoms with Crippen LogP contribution in [-0.2, 0) is 11.3 Å². The van der Waals surface area contributed by atoms with Crippen LogP contribution in [0.3, 0.4) is 0 Å². The van der Waals surface area contributed by atoms with Gasteiger partial charge in [-0.1, -0.05) is 0 Å². The molecule has 0 bridgehead atoms. The van der Waals surface area contributed by atoms with Crippen molar-refractivity contribution >= 4 is 17.2 Å². The monoisotopic (exact) mass is 185 g/mol. The predicted octanol–water partition coefficient (Wildman–Crippen LogP) is 0.107. The molecular formula is C7H11N3OS. The van der Waals surface area contributed by atoms with E-state index in [2.05, 4.69) is 10.3 Å². The van der Waals surface area contributed by atoms with Gasteiger partial charge in [0.25, 0.3) is 0 Å². The maximum atomic E-state index is 10.6. The molecule has 1 atom stereocenters. The summed E-state index contributed by atoms with van der Waals surface area (Å²) in [5, 5.41) is 4.89. The second-order valence-corrected chi connectivity index (χ2v) is 3.20. The van der Waals surface area contributed by atoms with Gasteiger partial charge in [-0.25, -0.2) is 4.98 Å². The molecule has 0 saturated carbocycles. The number of carbonyl (C=O) groups is 1. The van der Waals surface area contributed by atoms with E-state index in [-0.39, 0.29) is 11.9 Å². The quantitative estimate of drug-likeness (QED) is 0.699. The van der Waals surface area contributed by atoms with E-state index in [1.165, 1.54) is 11.3 Å². The van der Waals surface area contributed by atoms with Gasteiger partial charge < -0.3 is 11.1 Å². The third kappa shape index (κ3) is 2.60. The Bertz CT molecular complexity index is 247. The molecular weight excluding hydrogens is 174 g/mol. The molecule has 0 aliphatic heterocycles. The molecule has 1 heterocycles. The lowest BCUT2D eigenvalue weighted by Crippen LogP contribution is -2.38. The SMILES string of the molecule is CC(NCc1cscn1)C(N)=O. The number of nitrogens with one attached hydrogen (secondary N) is 1. The second kappa shape index (κ2) is 4.18. The first kappa shape index (κ1) is 9.15. The van der Waals surface area contributed by atoms with Gasteiger partial charge in [0.05, 0.1) is 17.2 Å². The Morgan fingerprint density at radius 3 is 3.17 bits per heavy atom. The number of thiazole rings is 1. The third-order valence-electron chi connectivity index (χ3n) is 1.50. The summed E-state index contributed by atoms with van der Waals surface area (Å²) in [6.07, 6.45) is 0. The van der Waals surface area contributed by atoms with Crippen molar-refractivity contribution in [1.29, 1.82) is 0 Å². The van der Waals surface area contributed by atoms with E-state index in [0.717, 1.165) is 5.69 Å². The summed E-state index contributed by atoms with van der Waals surface area (Å²) in [4.78, 5) is 14.7. The van der Waals surface area contributed by atoms with E-state index < -0.39 is 0 Å². The van der Waals surface area contributed by atoms with Crippen molar-refractivity contribution in [3.05, 3.63) is 16.6 Å². The third-order valence-corrected chi connectivity index (χ3v) is 2.13. The smallest absolute Gasteiger partial charge is 0.234 e. The lowest BCUT2D eigenvalue weighted by Gasteiger charge is -2.07. The van der Waals surface area contributed by atoms with Crippen LogP contribution in [0.1, 0.15) is 12.6 Å². The lowest BCUT2D eigenvalue weighted by atomic mass is 10.3. The van der Waals surface area contributed by atoms with Crippen LogP contribution >= 0.6 is 11.3 Å². The number of nitrogens with two attached hydrogens (primary N) is 1. The molecule has 0 saturated heterocycles. The molecule has 3 N–H and O–H groups in total. The van der Waals surface area contributed by atoms with Crippen molar-refractivity contribution in [1.82, 2.24) is 10.3 Å². The molecule has 66 valence electrons. The summed E-state index contributed by atoms with van der Waals surface area (Å²) in [5.41, 5.74) is 7.75. The Kier molecular flexibility index (Phi) is 3.19. The molecule has 0 aliphatic carbocycles. The van der Waals surface area contributed by atoms with Gasteiger partial charge in [-0.2, -0.15) is 0 Å². The maximum Gasteiger partial charge on any atom is 0.234 e. The Hall–Kier alpha value is -0.940. The average molecular weight is 185 g/mol. The van der Waals surface area contributed by atoms with Crippen LogP contribution in [0.2, 0.25) is 0 Å². The highest BCUT2D eigenvalue weighted by atomic mass is 32.1. The predicted molar refractivity (Wildman–Crippen MR) is 47.6 cm³/mol. The fourth-order valence-corrected chi connectivity index (χ4v) is 1.24. The number of hydrogen-bond donors (Lipinski definition) is 2. The number of amides is 1. The highest BCUT2D eigenvalue weighted by Gasteiger charge is 2.06. The number of nitrogens with zero attached hydrogens (tertiary/aromatic N) is 1. The highest BCUT2D eigenvalue weighted by Crippen LogP contribution is 1.99. The molecule has 0 fully saturated rings. The normalized spacial score (nSPS) is 12.8. The molecule has 0 spiro atoms. The van der Waals surface area contributed by atoms with Crippen molar-refractivity contribution in [2.75, 3.05) is 0 Å². The minimum absolute atomic E-state index is 0.299. The van der Waals surface area contributed by atoms with Gasteiger partial charge in [0.1, 0.15) is 0 Å². The van der Waals surface area contributed by atoms with Gasteiger partial charge in [0, 0.05) is 11.9 Å². The summed E-state index contributed by atoms with van der Waals surface area (Å²) in [6, 6.07) is -0.299. The van der Waals surface area contributed by atoms with Crippen LogP contribution in [0, 0.1) is 0 Å². The van der Waals surface area contributed by atoms with Crippen molar-refractivity contribution in [2.45, 2.75) is 19.5 Å². The van der Waals surface area contributed by atoms with E-state index in [4.69, 9.17) is 5.73 Å². The van der Waals surface area contributed by atoms with Gasteiger partial charge in [-0.05, 0) is 6.92 Å². The van der Waals surface area contributed by atoms with E-state index in [0.29, 0.717) is 6.54 Å². The zero-order valence-corrected chi connectivity index (χ0v) is 7.60. The number of aromatic nitrogens is 1. The Morgan fingerprint density at radius 2 is 2.67 bits per heavy atom.